The zero-order valence-electron chi connectivity index (χ0n) is 21.9. The fourth-order valence-corrected chi connectivity index (χ4v) is 4.44. The number of fused-ring (bicyclic) bond motifs is 22. The predicted octanol–water partition coefficient (Wildman–Crippen LogP) is 2.11. The molecule has 0 aliphatic carbocycles. The lowest BCUT2D eigenvalue weighted by Gasteiger charge is -2.17. The molecule has 0 saturated heterocycles. The molecule has 1 unspecified atom stereocenters. The number of hydrogen-bond acceptors (Lipinski definition) is 12. The maximum atomic E-state index is 12.3. The van der Waals surface area contributed by atoms with Crippen molar-refractivity contribution in [1.82, 2.24) is 5.32 Å². The molecule has 1 amide bonds. The first-order valence-corrected chi connectivity index (χ1v) is 14.6. The first-order valence-electron chi connectivity index (χ1n) is 12.3. The van der Waals surface area contributed by atoms with E-state index in [2.05, 4.69) is 21.2 Å². The summed E-state index contributed by atoms with van der Waals surface area (Å²) in [6.07, 6.45) is 0.0441. The van der Waals surface area contributed by atoms with E-state index in [1.54, 1.807) is 6.07 Å². The maximum Gasteiger partial charge on any atom is 0.329 e. The Balaban J connectivity index is 2.16. The molecule has 39 heavy (non-hydrogen) atoms. The van der Waals surface area contributed by atoms with E-state index in [4.69, 9.17) is 33.2 Å². The van der Waals surface area contributed by atoms with Crippen molar-refractivity contribution in [2.75, 3.05) is 84.3 Å². The van der Waals surface area contributed by atoms with Crippen LogP contribution in [0.1, 0.15) is 12.0 Å². The average molecular weight is 640 g/mol. The van der Waals surface area contributed by atoms with Crippen molar-refractivity contribution in [3.63, 3.8) is 0 Å². The van der Waals surface area contributed by atoms with Crippen molar-refractivity contribution < 1.29 is 47.7 Å². The van der Waals surface area contributed by atoms with Crippen LogP contribution >= 0.6 is 27.7 Å². The molecule has 13 nitrogen and oxygen atoms in total. The van der Waals surface area contributed by atoms with E-state index < -0.39 is 16.9 Å². The summed E-state index contributed by atoms with van der Waals surface area (Å²) in [6.45, 7) is 3.04. The van der Waals surface area contributed by atoms with Gasteiger partial charge in [0.05, 0.1) is 77.6 Å². The number of ether oxygens (including phenoxy) is 7. The largest absolute Gasteiger partial charge is 0.489 e. The van der Waals surface area contributed by atoms with Gasteiger partial charge in [-0.3, -0.25) is 14.9 Å². The standard InChI is InChI=1S/C24H35BrN2O11S/c1-32-24(29)19-17-39-16-18-14-21(37-5-3-25)22(15-20(18)27(30)31)38-13-12-36-11-10-35-9-8-34-7-6-33-4-2-23(28)26-19/h14-15,19H,2-13,16-17H2,1H3,(H,26,28). The van der Waals surface area contributed by atoms with Gasteiger partial charge < -0.3 is 38.5 Å². The zero-order valence-corrected chi connectivity index (χ0v) is 24.3. The smallest absolute Gasteiger partial charge is 0.329 e. The molecule has 2 heterocycles. The Morgan fingerprint density at radius 1 is 1.08 bits per heavy atom. The molecule has 1 atom stereocenters. The SMILES string of the molecule is COC(=O)C1CSCc2cc(OCCBr)c(cc2[N+](=O)[O-])OCCOCCOCCOCCOCCC(=O)N1. The molecule has 2 aliphatic heterocycles. The molecule has 2 aliphatic rings. The first-order chi connectivity index (χ1) is 19.0. The van der Waals surface area contributed by atoms with Crippen LogP contribution in [0.5, 0.6) is 11.5 Å². The number of nitro benzene ring substituents is 1. The van der Waals surface area contributed by atoms with Gasteiger partial charge in [0, 0.05) is 28.8 Å². The lowest BCUT2D eigenvalue weighted by Crippen LogP contribution is -2.43. The molecule has 3 rings (SSSR count). The van der Waals surface area contributed by atoms with Crippen molar-refractivity contribution >= 4 is 45.3 Å². The number of carbonyl (C=O) groups excluding carboxylic acids is 2. The molecule has 1 aromatic carbocycles. The van der Waals surface area contributed by atoms with Gasteiger partial charge >= 0.3 is 5.97 Å². The Morgan fingerprint density at radius 3 is 2.28 bits per heavy atom. The lowest BCUT2D eigenvalue weighted by atomic mass is 10.2. The number of amides is 1. The summed E-state index contributed by atoms with van der Waals surface area (Å²) in [7, 11) is 1.23. The number of carbonyl (C=O) groups is 2. The molecule has 0 radical (unpaired) electrons. The van der Waals surface area contributed by atoms with Gasteiger partial charge in [0.15, 0.2) is 11.5 Å². The number of methoxy groups -OCH3 is 1. The summed E-state index contributed by atoms with van der Waals surface area (Å²) in [6, 6.07) is 1.95. The third-order valence-corrected chi connectivity index (χ3v) is 6.52. The number of nitro groups is 1. The van der Waals surface area contributed by atoms with Crippen LogP contribution in [-0.2, 0) is 39.0 Å². The summed E-state index contributed by atoms with van der Waals surface area (Å²) in [4.78, 5) is 35.9. The van der Waals surface area contributed by atoms with Gasteiger partial charge in [-0.25, -0.2) is 4.79 Å². The fraction of sp³-hybridized carbons (Fsp3) is 0.667. The van der Waals surface area contributed by atoms with Gasteiger partial charge in [0.2, 0.25) is 5.91 Å². The summed E-state index contributed by atoms with van der Waals surface area (Å²) < 4.78 is 38.1. The van der Waals surface area contributed by atoms with E-state index in [0.717, 1.165) is 0 Å². The quantitative estimate of drug-likeness (QED) is 0.165. The summed E-state index contributed by atoms with van der Waals surface area (Å²) in [5.41, 5.74) is 0.230. The number of hydrogen-bond donors (Lipinski definition) is 1. The Hall–Kier alpha value is -2.17. The highest BCUT2D eigenvalue weighted by Gasteiger charge is 2.24. The van der Waals surface area contributed by atoms with Crippen LogP contribution in [0.25, 0.3) is 0 Å². The van der Waals surface area contributed by atoms with Crippen molar-refractivity contribution in [2.45, 2.75) is 18.2 Å². The normalized spacial score (nSPS) is 19.5. The minimum absolute atomic E-state index is 0.0441. The van der Waals surface area contributed by atoms with Crippen LogP contribution in [-0.4, -0.2) is 107 Å². The molecule has 0 saturated carbocycles. The highest BCUT2D eigenvalue weighted by Crippen LogP contribution is 2.37. The van der Waals surface area contributed by atoms with Gasteiger partial charge in [-0.15, -0.1) is 0 Å². The van der Waals surface area contributed by atoms with E-state index in [-0.39, 0.29) is 55.1 Å². The highest BCUT2D eigenvalue weighted by molar-refractivity contribution is 9.09. The summed E-state index contributed by atoms with van der Waals surface area (Å²) in [5.74, 6) is -0.114. The van der Waals surface area contributed by atoms with Crippen LogP contribution in [0.2, 0.25) is 0 Å². The number of thioether (sulfide) groups is 1. The van der Waals surface area contributed by atoms with Crippen LogP contribution in [0.15, 0.2) is 12.1 Å². The molecule has 220 valence electrons. The molecule has 0 aromatic heterocycles. The van der Waals surface area contributed by atoms with E-state index >= 15 is 0 Å². The Bertz CT molecular complexity index is 909. The molecular weight excluding hydrogens is 604 g/mol. The number of esters is 1. The van der Waals surface area contributed by atoms with Crippen molar-refractivity contribution in [2.24, 2.45) is 0 Å². The minimum atomic E-state index is -0.934. The fourth-order valence-electron chi connectivity index (χ4n) is 3.25. The monoisotopic (exact) mass is 638 g/mol. The Kier molecular flexibility index (Phi) is 16.8. The Labute approximate surface area is 239 Å². The lowest BCUT2D eigenvalue weighted by molar-refractivity contribution is -0.385. The van der Waals surface area contributed by atoms with E-state index in [9.17, 15) is 19.7 Å². The van der Waals surface area contributed by atoms with Crippen LogP contribution in [0.3, 0.4) is 0 Å². The molecule has 15 heteroatoms. The minimum Gasteiger partial charge on any atom is -0.489 e. The van der Waals surface area contributed by atoms with Gasteiger partial charge in [-0.2, -0.15) is 11.8 Å². The van der Waals surface area contributed by atoms with Crippen molar-refractivity contribution in [3.8, 4) is 11.5 Å². The molecule has 1 aromatic rings. The number of rotatable bonds is 5. The number of benzene rings is 1. The summed E-state index contributed by atoms with van der Waals surface area (Å²) >= 11 is 4.54. The van der Waals surface area contributed by atoms with Gasteiger partial charge in [-0.1, -0.05) is 15.9 Å². The topological polar surface area (TPSA) is 154 Å². The predicted molar refractivity (Wildman–Crippen MR) is 146 cm³/mol. The van der Waals surface area contributed by atoms with Gasteiger partial charge in [-0.05, 0) is 6.07 Å². The van der Waals surface area contributed by atoms with Crippen molar-refractivity contribution in [1.29, 1.82) is 0 Å². The second kappa shape index (κ2) is 19.8. The second-order valence-corrected chi connectivity index (χ2v) is 9.75. The highest BCUT2D eigenvalue weighted by atomic mass is 79.9. The molecule has 0 spiro atoms. The van der Waals surface area contributed by atoms with Gasteiger partial charge in [0.25, 0.3) is 5.69 Å². The van der Waals surface area contributed by atoms with E-state index in [0.29, 0.717) is 62.9 Å². The van der Waals surface area contributed by atoms with Crippen molar-refractivity contribution in [3.05, 3.63) is 27.8 Å². The number of alkyl halides is 1. The third-order valence-electron chi connectivity index (χ3n) is 5.11. The Morgan fingerprint density at radius 2 is 1.69 bits per heavy atom. The number of nitrogens with one attached hydrogen (secondary N) is 1. The van der Waals surface area contributed by atoms with Crippen LogP contribution in [0.4, 0.5) is 5.69 Å². The summed E-state index contributed by atoms with van der Waals surface area (Å²) in [5, 5.41) is 15.0. The van der Waals surface area contributed by atoms with Crippen LogP contribution in [0, 0.1) is 10.1 Å². The van der Waals surface area contributed by atoms with Crippen LogP contribution < -0.4 is 14.8 Å². The van der Waals surface area contributed by atoms with Gasteiger partial charge in [0.1, 0.15) is 12.6 Å². The third kappa shape index (κ3) is 13.2. The molecule has 0 fully saturated rings. The zero-order chi connectivity index (χ0) is 28.3. The van der Waals surface area contributed by atoms with E-state index in [1.807, 2.05) is 0 Å². The molecule has 2 bridgehead atoms. The maximum absolute atomic E-state index is 12.3. The number of nitrogens with zero attached hydrogens (tertiary/aromatic N) is 1. The molecule has 1 N–H and O–H groups in total. The molecular formula is C24H35BrN2O11S. The van der Waals surface area contributed by atoms with E-state index in [1.165, 1.54) is 24.9 Å². The number of halogens is 1. The average Bonchev–Trinajstić information content (AvgIpc) is 2.92. The first kappa shape index (κ1) is 33.0. The second-order valence-electron chi connectivity index (χ2n) is 7.93.